The number of hydroxylamine groups is 1. The van der Waals surface area contributed by atoms with E-state index in [2.05, 4.69) is 5.43 Å². The predicted molar refractivity (Wildman–Crippen MR) is 138 cm³/mol. The van der Waals surface area contributed by atoms with Gasteiger partial charge in [0, 0.05) is 6.54 Å². The van der Waals surface area contributed by atoms with Gasteiger partial charge in [0.2, 0.25) is 21.8 Å². The number of carbonyl (C=O) groups is 2. The number of amides is 2. The van der Waals surface area contributed by atoms with Crippen LogP contribution in [0.5, 0.6) is 0 Å². The van der Waals surface area contributed by atoms with Crippen LogP contribution in [0.1, 0.15) is 58.9 Å². The predicted octanol–water partition coefficient (Wildman–Crippen LogP) is 2.93. The normalized spacial score (nSPS) is 14.0. The zero-order valence-corrected chi connectivity index (χ0v) is 22.1. The Hall–Kier alpha value is -2.27. The molecule has 0 aromatic heterocycles. The summed E-state index contributed by atoms with van der Waals surface area (Å²) in [6.45, 7) is 8.05. The van der Waals surface area contributed by atoms with E-state index in [0.717, 1.165) is 9.98 Å². The molecular formula is C25H42N4O5S. The number of sulfonamides is 1. The third-order valence-electron chi connectivity index (χ3n) is 5.45. The minimum atomic E-state index is -3.77. The van der Waals surface area contributed by atoms with Crippen LogP contribution in [0.4, 0.5) is 0 Å². The van der Waals surface area contributed by atoms with E-state index in [1.807, 2.05) is 64.1 Å². The molecule has 1 aromatic rings. The highest BCUT2D eigenvalue weighted by Gasteiger charge is 2.36. The van der Waals surface area contributed by atoms with Gasteiger partial charge in [0.15, 0.2) is 0 Å². The molecule has 0 aliphatic heterocycles. The number of hydrogen-bond donors (Lipinski definition) is 4. The summed E-state index contributed by atoms with van der Waals surface area (Å²) in [4.78, 5) is 26.0. The maximum absolute atomic E-state index is 13.4. The van der Waals surface area contributed by atoms with Crippen molar-refractivity contribution in [1.82, 2.24) is 15.3 Å². The summed E-state index contributed by atoms with van der Waals surface area (Å²) in [7, 11) is -3.77. The molecule has 10 heteroatoms. The van der Waals surface area contributed by atoms with E-state index in [0.29, 0.717) is 25.8 Å². The van der Waals surface area contributed by atoms with Crippen molar-refractivity contribution in [3.63, 3.8) is 0 Å². The van der Waals surface area contributed by atoms with Gasteiger partial charge in [-0.15, -0.1) is 4.41 Å². The van der Waals surface area contributed by atoms with Gasteiger partial charge in [0.25, 0.3) is 0 Å². The van der Waals surface area contributed by atoms with Gasteiger partial charge in [-0.05, 0) is 49.6 Å². The maximum atomic E-state index is 13.4. The van der Waals surface area contributed by atoms with E-state index in [1.165, 1.54) is 0 Å². The molecule has 198 valence electrons. The first-order valence-electron chi connectivity index (χ1n) is 12.2. The molecule has 0 radical (unpaired) electrons. The molecule has 0 saturated heterocycles. The van der Waals surface area contributed by atoms with Crippen molar-refractivity contribution in [1.29, 1.82) is 0 Å². The molecule has 0 unspecified atom stereocenters. The minimum Gasteiger partial charge on any atom is -0.330 e. The van der Waals surface area contributed by atoms with Crippen LogP contribution >= 0.6 is 0 Å². The molecule has 2 amide bonds. The second-order valence-corrected chi connectivity index (χ2v) is 11.6. The van der Waals surface area contributed by atoms with Crippen molar-refractivity contribution in [3.8, 4) is 0 Å². The zero-order valence-electron chi connectivity index (χ0n) is 21.3. The topological polar surface area (TPSA) is 142 Å². The van der Waals surface area contributed by atoms with E-state index in [1.54, 1.807) is 11.6 Å². The number of carbonyl (C=O) groups excluding carboxylic acids is 2. The van der Waals surface area contributed by atoms with Crippen LogP contribution in [0.2, 0.25) is 0 Å². The molecular weight excluding hydrogens is 468 g/mol. The van der Waals surface area contributed by atoms with Gasteiger partial charge in [-0.2, -0.15) is 0 Å². The number of benzene rings is 1. The lowest BCUT2D eigenvalue weighted by Gasteiger charge is -2.30. The van der Waals surface area contributed by atoms with Crippen LogP contribution in [-0.4, -0.2) is 48.7 Å². The van der Waals surface area contributed by atoms with E-state index in [9.17, 15) is 23.2 Å². The molecule has 9 nitrogen and oxygen atoms in total. The lowest BCUT2D eigenvalue weighted by atomic mass is 9.82. The Morgan fingerprint density at radius 3 is 2.23 bits per heavy atom. The number of unbranched alkanes of at least 4 members (excludes halogenated alkanes) is 1. The monoisotopic (exact) mass is 510 g/mol. The molecule has 0 aliphatic carbocycles. The SMILES string of the molecule is CC(C)C[C@@H](C(=O)NN(CC(C)C)S(=O)(=O)CCCCN)[C@H](CC=Cc1ccccc1)C(=O)NO. The Labute approximate surface area is 210 Å². The van der Waals surface area contributed by atoms with Crippen LogP contribution in [0, 0.1) is 23.7 Å². The highest BCUT2D eigenvalue weighted by atomic mass is 32.2. The van der Waals surface area contributed by atoms with Gasteiger partial charge in [0.05, 0.1) is 17.6 Å². The number of rotatable bonds is 16. The fraction of sp³-hybridized carbons (Fsp3) is 0.600. The van der Waals surface area contributed by atoms with E-state index in [-0.39, 0.29) is 30.6 Å². The average molecular weight is 511 g/mol. The second-order valence-electron chi connectivity index (χ2n) is 9.58. The van der Waals surface area contributed by atoms with Gasteiger partial charge >= 0.3 is 0 Å². The van der Waals surface area contributed by atoms with Gasteiger partial charge in [-0.3, -0.25) is 20.2 Å². The van der Waals surface area contributed by atoms with Crippen molar-refractivity contribution in [2.24, 2.45) is 29.4 Å². The van der Waals surface area contributed by atoms with Crippen molar-refractivity contribution >= 4 is 27.9 Å². The van der Waals surface area contributed by atoms with Crippen molar-refractivity contribution in [3.05, 3.63) is 42.0 Å². The van der Waals surface area contributed by atoms with E-state index >= 15 is 0 Å². The van der Waals surface area contributed by atoms with E-state index < -0.39 is 33.7 Å². The number of nitrogens with zero attached hydrogens (tertiary/aromatic N) is 1. The number of hydrogen-bond acceptors (Lipinski definition) is 6. The fourth-order valence-corrected chi connectivity index (χ4v) is 5.26. The first-order chi connectivity index (χ1) is 16.5. The summed E-state index contributed by atoms with van der Waals surface area (Å²) >= 11 is 0. The Morgan fingerprint density at radius 1 is 1.03 bits per heavy atom. The Bertz CT molecular complexity index is 904. The second kappa shape index (κ2) is 15.7. The zero-order chi connectivity index (χ0) is 26.4. The maximum Gasteiger partial charge on any atom is 0.247 e. The highest BCUT2D eigenvalue weighted by Crippen LogP contribution is 2.26. The number of nitrogens with one attached hydrogen (secondary N) is 2. The van der Waals surface area contributed by atoms with Crippen LogP contribution in [-0.2, 0) is 19.6 Å². The molecule has 0 aliphatic rings. The number of hydrazine groups is 1. The molecule has 0 saturated carbocycles. The largest absolute Gasteiger partial charge is 0.330 e. The number of nitrogens with two attached hydrogens (primary N) is 1. The number of allylic oxidation sites excluding steroid dienone is 1. The highest BCUT2D eigenvalue weighted by molar-refractivity contribution is 7.89. The molecule has 1 aromatic carbocycles. The Morgan fingerprint density at radius 2 is 1.69 bits per heavy atom. The lowest BCUT2D eigenvalue weighted by molar-refractivity contribution is -0.141. The van der Waals surface area contributed by atoms with Gasteiger partial charge in [0.1, 0.15) is 0 Å². The third-order valence-corrected chi connectivity index (χ3v) is 7.17. The standard InChI is InChI=1S/C25H42N4O5S/c1-19(2)17-23(22(25(31)28-32)14-10-13-21-11-6-5-7-12-21)24(30)27-29(18-20(3)4)35(33,34)16-9-8-15-26/h5-7,10-13,19-20,22-23,32H,8-9,14-18,26H2,1-4H3,(H,27,30)(H,28,31)/t22-,23+/m0/s1. The summed E-state index contributed by atoms with van der Waals surface area (Å²) in [5, 5.41) is 9.37. The first kappa shape index (κ1) is 30.8. The van der Waals surface area contributed by atoms with Crippen molar-refractivity contribution < 1.29 is 23.2 Å². The molecule has 0 fully saturated rings. The summed E-state index contributed by atoms with van der Waals surface area (Å²) in [6.07, 6.45) is 5.11. The van der Waals surface area contributed by atoms with Crippen molar-refractivity contribution in [2.45, 2.75) is 53.4 Å². The van der Waals surface area contributed by atoms with Crippen LogP contribution < -0.4 is 16.6 Å². The fourth-order valence-electron chi connectivity index (χ4n) is 3.72. The minimum absolute atomic E-state index is 0.0338. The molecule has 0 spiro atoms. The summed E-state index contributed by atoms with van der Waals surface area (Å²) in [5.41, 5.74) is 10.7. The quantitative estimate of drug-likeness (QED) is 0.153. The third kappa shape index (κ3) is 11.3. The molecule has 2 atom stereocenters. The molecule has 5 N–H and O–H groups in total. The molecule has 0 bridgehead atoms. The van der Waals surface area contributed by atoms with Crippen LogP contribution in [0.25, 0.3) is 6.08 Å². The van der Waals surface area contributed by atoms with Crippen LogP contribution in [0.3, 0.4) is 0 Å². The first-order valence-corrected chi connectivity index (χ1v) is 13.8. The summed E-state index contributed by atoms with van der Waals surface area (Å²) in [6, 6.07) is 9.51. The molecule has 0 heterocycles. The Balaban J connectivity index is 3.18. The summed E-state index contributed by atoms with van der Waals surface area (Å²) < 4.78 is 26.9. The van der Waals surface area contributed by atoms with Gasteiger partial charge in [-0.25, -0.2) is 13.9 Å². The summed E-state index contributed by atoms with van der Waals surface area (Å²) in [5.74, 6) is -3.11. The molecule has 1 rings (SSSR count). The average Bonchev–Trinajstić information content (AvgIpc) is 2.80. The van der Waals surface area contributed by atoms with Crippen molar-refractivity contribution in [2.75, 3.05) is 18.8 Å². The lowest BCUT2D eigenvalue weighted by Crippen LogP contribution is -2.52. The Kier molecular flexibility index (Phi) is 13.8. The van der Waals surface area contributed by atoms with E-state index in [4.69, 9.17) is 5.73 Å². The van der Waals surface area contributed by atoms with Gasteiger partial charge < -0.3 is 5.73 Å². The molecule has 35 heavy (non-hydrogen) atoms. The van der Waals surface area contributed by atoms with Gasteiger partial charge in [-0.1, -0.05) is 70.2 Å². The smallest absolute Gasteiger partial charge is 0.247 e. The van der Waals surface area contributed by atoms with Crippen LogP contribution in [0.15, 0.2) is 36.4 Å².